The van der Waals surface area contributed by atoms with Gasteiger partial charge >= 0.3 is 0 Å². The van der Waals surface area contributed by atoms with Crippen LogP contribution in [0.3, 0.4) is 0 Å². The lowest BCUT2D eigenvalue weighted by molar-refractivity contribution is 0.255. The van der Waals surface area contributed by atoms with E-state index in [4.69, 9.17) is 4.74 Å². The molecular formula is C16H27NO3S. The molecule has 5 heteroatoms. The Bertz CT molecular complexity index is 526. The molecule has 1 rings (SSSR count). The van der Waals surface area contributed by atoms with Gasteiger partial charge in [0, 0.05) is 12.8 Å². The fourth-order valence-corrected chi connectivity index (χ4v) is 2.57. The summed E-state index contributed by atoms with van der Waals surface area (Å²) < 4.78 is 28.6. The van der Waals surface area contributed by atoms with Gasteiger partial charge in [-0.05, 0) is 50.6 Å². The van der Waals surface area contributed by atoms with Crippen LogP contribution in [0.25, 0.3) is 0 Å². The SMILES string of the molecule is CC(C)CCN(C)CCCOc1cccc(S(C)(=O)=O)c1. The summed E-state index contributed by atoms with van der Waals surface area (Å²) >= 11 is 0. The Morgan fingerprint density at radius 3 is 2.57 bits per heavy atom. The van der Waals surface area contributed by atoms with Crippen molar-refractivity contribution < 1.29 is 13.2 Å². The zero-order valence-electron chi connectivity index (χ0n) is 13.5. The highest BCUT2D eigenvalue weighted by Crippen LogP contribution is 2.17. The van der Waals surface area contributed by atoms with Gasteiger partial charge in [0.1, 0.15) is 5.75 Å². The molecule has 0 saturated carbocycles. The van der Waals surface area contributed by atoms with Crippen molar-refractivity contribution >= 4 is 9.84 Å². The van der Waals surface area contributed by atoms with Crippen LogP contribution in [0.15, 0.2) is 29.2 Å². The maximum absolute atomic E-state index is 11.5. The minimum absolute atomic E-state index is 0.300. The van der Waals surface area contributed by atoms with E-state index >= 15 is 0 Å². The van der Waals surface area contributed by atoms with Gasteiger partial charge in [0.25, 0.3) is 0 Å². The average Bonchev–Trinajstić information content (AvgIpc) is 2.41. The fourth-order valence-electron chi connectivity index (χ4n) is 1.91. The monoisotopic (exact) mass is 313 g/mol. The lowest BCUT2D eigenvalue weighted by Crippen LogP contribution is -2.23. The fraction of sp³-hybridized carbons (Fsp3) is 0.625. The quantitative estimate of drug-likeness (QED) is 0.658. The number of sulfone groups is 1. The molecule has 0 fully saturated rings. The summed E-state index contributed by atoms with van der Waals surface area (Å²) in [5.41, 5.74) is 0. The van der Waals surface area contributed by atoms with Gasteiger partial charge in [0.05, 0.1) is 11.5 Å². The first-order valence-corrected chi connectivity index (χ1v) is 9.29. The van der Waals surface area contributed by atoms with E-state index in [1.807, 2.05) is 0 Å². The lowest BCUT2D eigenvalue weighted by Gasteiger charge is -2.17. The standard InChI is InChI=1S/C16H27NO3S/c1-14(2)9-11-17(3)10-6-12-20-15-7-5-8-16(13-15)21(4,18)19/h5,7-8,13-14H,6,9-12H2,1-4H3. The predicted octanol–water partition coefficient (Wildman–Crippen LogP) is 2.84. The van der Waals surface area contributed by atoms with E-state index in [0.29, 0.717) is 17.3 Å². The highest BCUT2D eigenvalue weighted by atomic mass is 32.2. The maximum Gasteiger partial charge on any atom is 0.175 e. The van der Waals surface area contributed by atoms with E-state index in [0.717, 1.165) is 25.4 Å². The summed E-state index contributed by atoms with van der Waals surface area (Å²) in [7, 11) is -1.06. The van der Waals surface area contributed by atoms with Crippen LogP contribution in [0.1, 0.15) is 26.7 Å². The Hall–Kier alpha value is -1.07. The Morgan fingerprint density at radius 1 is 1.24 bits per heavy atom. The third-order valence-corrected chi connectivity index (χ3v) is 4.38. The highest BCUT2D eigenvalue weighted by Gasteiger charge is 2.07. The zero-order chi connectivity index (χ0) is 15.9. The van der Waals surface area contributed by atoms with Crippen molar-refractivity contribution in [3.05, 3.63) is 24.3 Å². The van der Waals surface area contributed by atoms with E-state index in [1.54, 1.807) is 24.3 Å². The van der Waals surface area contributed by atoms with Gasteiger partial charge < -0.3 is 9.64 Å². The molecule has 0 amide bonds. The molecule has 0 aliphatic carbocycles. The molecule has 0 spiro atoms. The van der Waals surface area contributed by atoms with E-state index in [2.05, 4.69) is 25.8 Å². The van der Waals surface area contributed by atoms with Crippen LogP contribution in [0.2, 0.25) is 0 Å². The molecule has 0 bridgehead atoms. The number of hydrogen-bond donors (Lipinski definition) is 0. The van der Waals surface area contributed by atoms with Gasteiger partial charge in [-0.1, -0.05) is 19.9 Å². The largest absolute Gasteiger partial charge is 0.494 e. The Kier molecular flexibility index (Phi) is 7.18. The van der Waals surface area contributed by atoms with Crippen LogP contribution < -0.4 is 4.74 Å². The second-order valence-electron chi connectivity index (χ2n) is 5.93. The van der Waals surface area contributed by atoms with Gasteiger partial charge in [-0.25, -0.2) is 8.42 Å². The maximum atomic E-state index is 11.5. The topological polar surface area (TPSA) is 46.6 Å². The molecule has 21 heavy (non-hydrogen) atoms. The molecule has 120 valence electrons. The Morgan fingerprint density at radius 2 is 1.95 bits per heavy atom. The summed E-state index contributed by atoms with van der Waals surface area (Å²) in [4.78, 5) is 2.60. The van der Waals surface area contributed by atoms with E-state index < -0.39 is 9.84 Å². The van der Waals surface area contributed by atoms with Gasteiger partial charge in [-0.15, -0.1) is 0 Å². The third-order valence-electron chi connectivity index (χ3n) is 3.27. The number of rotatable bonds is 9. The van der Waals surface area contributed by atoms with Crippen molar-refractivity contribution in [2.45, 2.75) is 31.6 Å². The molecule has 4 nitrogen and oxygen atoms in total. The highest BCUT2D eigenvalue weighted by molar-refractivity contribution is 7.90. The van der Waals surface area contributed by atoms with E-state index in [1.165, 1.54) is 12.7 Å². The average molecular weight is 313 g/mol. The first-order chi connectivity index (χ1) is 9.79. The molecular weight excluding hydrogens is 286 g/mol. The number of ether oxygens (including phenoxy) is 1. The summed E-state index contributed by atoms with van der Waals surface area (Å²) in [6.45, 7) is 7.14. The van der Waals surface area contributed by atoms with Gasteiger partial charge in [0.15, 0.2) is 9.84 Å². The van der Waals surface area contributed by atoms with Crippen molar-refractivity contribution in [1.29, 1.82) is 0 Å². The third kappa shape index (κ3) is 7.48. The lowest BCUT2D eigenvalue weighted by atomic mass is 10.1. The second kappa shape index (κ2) is 8.39. The van der Waals surface area contributed by atoms with E-state index in [9.17, 15) is 8.42 Å². The van der Waals surface area contributed by atoms with Gasteiger partial charge in [0.2, 0.25) is 0 Å². The Labute approximate surface area is 129 Å². The minimum atomic E-state index is -3.17. The van der Waals surface area contributed by atoms with Crippen molar-refractivity contribution in [2.24, 2.45) is 5.92 Å². The number of benzene rings is 1. The number of nitrogens with zero attached hydrogens (tertiary/aromatic N) is 1. The second-order valence-corrected chi connectivity index (χ2v) is 7.95. The normalized spacial score (nSPS) is 12.1. The molecule has 1 aromatic carbocycles. The summed E-state index contributed by atoms with van der Waals surface area (Å²) in [6.07, 6.45) is 3.33. The molecule has 0 atom stereocenters. The molecule has 1 aromatic rings. The molecule has 0 unspecified atom stereocenters. The van der Waals surface area contributed by atoms with Gasteiger partial charge in [-0.3, -0.25) is 0 Å². The summed E-state index contributed by atoms with van der Waals surface area (Å²) in [6, 6.07) is 6.66. The van der Waals surface area contributed by atoms with Crippen molar-refractivity contribution in [3.63, 3.8) is 0 Å². The smallest absolute Gasteiger partial charge is 0.175 e. The van der Waals surface area contributed by atoms with Crippen molar-refractivity contribution in [3.8, 4) is 5.75 Å². The van der Waals surface area contributed by atoms with Crippen LogP contribution in [0.5, 0.6) is 5.75 Å². The van der Waals surface area contributed by atoms with Crippen LogP contribution in [-0.2, 0) is 9.84 Å². The van der Waals surface area contributed by atoms with Crippen LogP contribution in [-0.4, -0.2) is 46.3 Å². The first-order valence-electron chi connectivity index (χ1n) is 7.40. The first kappa shape index (κ1) is 18.0. The molecule has 0 N–H and O–H groups in total. The Balaban J connectivity index is 2.33. The molecule has 0 aromatic heterocycles. The molecule has 0 aliphatic heterocycles. The van der Waals surface area contributed by atoms with Crippen LogP contribution in [0.4, 0.5) is 0 Å². The summed E-state index contributed by atoms with van der Waals surface area (Å²) in [5.74, 6) is 1.34. The van der Waals surface area contributed by atoms with Crippen LogP contribution in [0, 0.1) is 5.92 Å². The van der Waals surface area contributed by atoms with Crippen molar-refractivity contribution in [1.82, 2.24) is 4.90 Å². The van der Waals surface area contributed by atoms with Crippen LogP contribution >= 0.6 is 0 Å². The molecule has 0 radical (unpaired) electrons. The molecule has 0 heterocycles. The zero-order valence-corrected chi connectivity index (χ0v) is 14.3. The predicted molar refractivity (Wildman–Crippen MR) is 86.6 cm³/mol. The van der Waals surface area contributed by atoms with Crippen molar-refractivity contribution in [2.75, 3.05) is 33.0 Å². The molecule has 0 aliphatic rings. The minimum Gasteiger partial charge on any atom is -0.494 e. The summed E-state index contributed by atoms with van der Waals surface area (Å²) in [5, 5.41) is 0. The number of hydrogen-bond acceptors (Lipinski definition) is 4. The molecule has 0 saturated heterocycles. The van der Waals surface area contributed by atoms with Gasteiger partial charge in [-0.2, -0.15) is 0 Å². The van der Waals surface area contributed by atoms with E-state index in [-0.39, 0.29) is 0 Å².